The van der Waals surface area contributed by atoms with Gasteiger partial charge in [0.05, 0.1) is 0 Å². The predicted molar refractivity (Wildman–Crippen MR) is 89.8 cm³/mol. The third-order valence-corrected chi connectivity index (χ3v) is 4.02. The van der Waals surface area contributed by atoms with Crippen molar-refractivity contribution in [3.05, 3.63) is 59.3 Å². The van der Waals surface area contributed by atoms with Crippen LogP contribution in [0.15, 0.2) is 42.6 Å². The molecule has 1 amide bonds. The van der Waals surface area contributed by atoms with Gasteiger partial charge in [-0.25, -0.2) is 9.78 Å². The monoisotopic (exact) mass is 325 g/mol. The maximum absolute atomic E-state index is 12.4. The Labute approximate surface area is 140 Å². The van der Waals surface area contributed by atoms with Crippen molar-refractivity contribution >= 4 is 17.7 Å². The van der Waals surface area contributed by atoms with E-state index in [0.29, 0.717) is 16.9 Å². The number of hydrogen-bond acceptors (Lipinski definition) is 5. The summed E-state index contributed by atoms with van der Waals surface area (Å²) in [5, 5.41) is 0. The minimum absolute atomic E-state index is 0.131. The van der Waals surface area contributed by atoms with Gasteiger partial charge in [0.15, 0.2) is 0 Å². The second-order valence-corrected chi connectivity index (χ2v) is 5.71. The van der Waals surface area contributed by atoms with E-state index in [2.05, 4.69) is 9.88 Å². The summed E-state index contributed by atoms with van der Waals surface area (Å²) in [5.41, 5.74) is 6.90. The van der Waals surface area contributed by atoms with Gasteiger partial charge in [-0.05, 0) is 42.7 Å². The Morgan fingerprint density at radius 1 is 1.12 bits per heavy atom. The van der Waals surface area contributed by atoms with Crippen LogP contribution in [0.5, 0.6) is 0 Å². The van der Waals surface area contributed by atoms with Crippen LogP contribution in [0, 0.1) is 0 Å². The minimum Gasteiger partial charge on any atom is -0.457 e. The number of primary amides is 1. The highest BCUT2D eigenvalue weighted by molar-refractivity contribution is 5.95. The van der Waals surface area contributed by atoms with Crippen LogP contribution in [0.1, 0.15) is 39.1 Å². The zero-order valence-corrected chi connectivity index (χ0v) is 13.3. The first-order valence-corrected chi connectivity index (χ1v) is 7.91. The molecule has 2 N–H and O–H groups in total. The number of benzene rings is 1. The minimum atomic E-state index is -0.482. The molecule has 0 atom stereocenters. The van der Waals surface area contributed by atoms with Gasteiger partial charge in [0, 0.05) is 24.8 Å². The molecule has 1 aliphatic heterocycles. The number of carbonyl (C=O) groups is 2. The van der Waals surface area contributed by atoms with E-state index >= 15 is 0 Å². The zero-order chi connectivity index (χ0) is 16.9. The summed E-state index contributed by atoms with van der Waals surface area (Å²) in [5.74, 6) is -0.197. The van der Waals surface area contributed by atoms with E-state index in [4.69, 9.17) is 10.5 Å². The van der Waals surface area contributed by atoms with Crippen molar-refractivity contribution in [2.75, 3.05) is 18.0 Å². The van der Waals surface area contributed by atoms with Crippen molar-refractivity contribution in [1.82, 2.24) is 4.98 Å². The highest BCUT2D eigenvalue weighted by Gasteiger charge is 2.21. The Bertz CT molecular complexity index is 737. The number of pyridine rings is 1. The number of aromatic nitrogens is 1. The highest BCUT2D eigenvalue weighted by Crippen LogP contribution is 2.22. The molecule has 1 aromatic heterocycles. The molecule has 1 fully saturated rings. The Balaban J connectivity index is 1.68. The lowest BCUT2D eigenvalue weighted by molar-refractivity contribution is 0.0473. The molecule has 2 heterocycles. The smallest absolute Gasteiger partial charge is 0.342 e. The average Bonchev–Trinajstić information content (AvgIpc) is 3.14. The fourth-order valence-corrected chi connectivity index (χ4v) is 2.73. The summed E-state index contributed by atoms with van der Waals surface area (Å²) in [6.07, 6.45) is 3.90. The molecule has 1 saturated heterocycles. The van der Waals surface area contributed by atoms with Crippen molar-refractivity contribution in [2.24, 2.45) is 5.73 Å². The molecule has 1 aromatic carbocycles. The van der Waals surface area contributed by atoms with E-state index in [1.54, 1.807) is 42.6 Å². The molecular formula is C18H19N3O3. The molecule has 124 valence electrons. The highest BCUT2D eigenvalue weighted by atomic mass is 16.5. The van der Waals surface area contributed by atoms with Gasteiger partial charge in [-0.1, -0.05) is 12.1 Å². The predicted octanol–water partition coefficient (Wildman–Crippen LogP) is 2.14. The molecular weight excluding hydrogens is 306 g/mol. The third-order valence-electron chi connectivity index (χ3n) is 4.02. The van der Waals surface area contributed by atoms with Crippen molar-refractivity contribution in [3.63, 3.8) is 0 Å². The van der Waals surface area contributed by atoms with Gasteiger partial charge >= 0.3 is 5.97 Å². The normalized spacial score (nSPS) is 13.8. The maximum atomic E-state index is 12.4. The van der Waals surface area contributed by atoms with Crippen LogP contribution >= 0.6 is 0 Å². The SMILES string of the molecule is NC(=O)c1ccc(COC(=O)c2cccnc2N2CCCC2)cc1. The van der Waals surface area contributed by atoms with E-state index < -0.39 is 11.9 Å². The maximum Gasteiger partial charge on any atom is 0.342 e. The summed E-state index contributed by atoms with van der Waals surface area (Å²) < 4.78 is 5.39. The summed E-state index contributed by atoms with van der Waals surface area (Å²) >= 11 is 0. The lowest BCUT2D eigenvalue weighted by Crippen LogP contribution is -2.22. The van der Waals surface area contributed by atoms with Crippen LogP contribution < -0.4 is 10.6 Å². The quantitative estimate of drug-likeness (QED) is 0.851. The standard InChI is InChI=1S/C18H19N3O3/c19-16(22)14-7-5-13(6-8-14)12-24-18(23)15-4-3-9-20-17(15)21-10-1-2-11-21/h3-9H,1-2,10-12H2,(H2,19,22). The molecule has 6 heteroatoms. The van der Waals surface area contributed by atoms with Crippen LogP contribution in [-0.4, -0.2) is 29.9 Å². The largest absolute Gasteiger partial charge is 0.457 e. The first-order valence-electron chi connectivity index (χ1n) is 7.91. The number of ether oxygens (including phenoxy) is 1. The van der Waals surface area contributed by atoms with Crippen LogP contribution in [0.25, 0.3) is 0 Å². The van der Waals surface area contributed by atoms with Gasteiger partial charge in [-0.15, -0.1) is 0 Å². The molecule has 3 rings (SSSR count). The molecule has 1 aliphatic rings. The van der Waals surface area contributed by atoms with E-state index in [1.165, 1.54) is 0 Å². The number of carbonyl (C=O) groups excluding carboxylic acids is 2. The third kappa shape index (κ3) is 3.53. The molecule has 0 spiro atoms. The van der Waals surface area contributed by atoms with Crippen molar-refractivity contribution in [3.8, 4) is 0 Å². The fourth-order valence-electron chi connectivity index (χ4n) is 2.73. The summed E-state index contributed by atoms with van der Waals surface area (Å²) in [4.78, 5) is 29.9. The number of amides is 1. The van der Waals surface area contributed by atoms with E-state index in [1.807, 2.05) is 0 Å². The van der Waals surface area contributed by atoms with Gasteiger partial charge in [0.1, 0.15) is 18.0 Å². The Hall–Kier alpha value is -2.89. The zero-order valence-electron chi connectivity index (χ0n) is 13.3. The number of nitrogens with two attached hydrogens (primary N) is 1. The first kappa shape index (κ1) is 16.0. The van der Waals surface area contributed by atoms with Gasteiger partial charge < -0.3 is 15.4 Å². The van der Waals surface area contributed by atoms with Crippen molar-refractivity contribution in [1.29, 1.82) is 0 Å². The first-order chi connectivity index (χ1) is 11.6. The molecule has 0 radical (unpaired) electrons. The lowest BCUT2D eigenvalue weighted by Gasteiger charge is -2.19. The van der Waals surface area contributed by atoms with Crippen LogP contribution in [0.2, 0.25) is 0 Å². The van der Waals surface area contributed by atoms with E-state index in [-0.39, 0.29) is 6.61 Å². The lowest BCUT2D eigenvalue weighted by atomic mass is 10.1. The van der Waals surface area contributed by atoms with Gasteiger partial charge in [-0.3, -0.25) is 4.79 Å². The van der Waals surface area contributed by atoms with Crippen LogP contribution in [-0.2, 0) is 11.3 Å². The number of rotatable bonds is 5. The van der Waals surface area contributed by atoms with Gasteiger partial charge in [0.2, 0.25) is 5.91 Å². The number of nitrogens with zero attached hydrogens (tertiary/aromatic N) is 2. The molecule has 0 unspecified atom stereocenters. The number of hydrogen-bond donors (Lipinski definition) is 1. The molecule has 0 bridgehead atoms. The Kier molecular flexibility index (Phi) is 4.74. The molecule has 24 heavy (non-hydrogen) atoms. The summed E-state index contributed by atoms with van der Waals surface area (Å²) in [6.45, 7) is 1.95. The second-order valence-electron chi connectivity index (χ2n) is 5.71. The van der Waals surface area contributed by atoms with Gasteiger partial charge in [-0.2, -0.15) is 0 Å². The molecule has 0 aliphatic carbocycles. The molecule has 0 saturated carbocycles. The fraction of sp³-hybridized carbons (Fsp3) is 0.278. The second kappa shape index (κ2) is 7.12. The molecule has 6 nitrogen and oxygen atoms in total. The van der Waals surface area contributed by atoms with Crippen molar-refractivity contribution in [2.45, 2.75) is 19.4 Å². The topological polar surface area (TPSA) is 85.5 Å². The Morgan fingerprint density at radius 2 is 1.83 bits per heavy atom. The summed E-state index contributed by atoms with van der Waals surface area (Å²) in [7, 11) is 0. The average molecular weight is 325 g/mol. The van der Waals surface area contributed by atoms with E-state index in [9.17, 15) is 9.59 Å². The summed E-state index contributed by atoms with van der Waals surface area (Å²) in [6, 6.07) is 10.1. The van der Waals surface area contributed by atoms with Crippen LogP contribution in [0.3, 0.4) is 0 Å². The van der Waals surface area contributed by atoms with E-state index in [0.717, 1.165) is 31.5 Å². The Morgan fingerprint density at radius 3 is 2.50 bits per heavy atom. The number of anilines is 1. The number of esters is 1. The van der Waals surface area contributed by atoms with Gasteiger partial charge in [0.25, 0.3) is 0 Å². The molecule has 2 aromatic rings. The van der Waals surface area contributed by atoms with Crippen LogP contribution in [0.4, 0.5) is 5.82 Å². The van der Waals surface area contributed by atoms with Crippen molar-refractivity contribution < 1.29 is 14.3 Å².